The maximum absolute atomic E-state index is 11.2. The molecule has 8 heteroatoms. The average molecular weight is 208 g/mol. The van der Waals surface area contributed by atoms with E-state index in [2.05, 4.69) is 5.10 Å². The van der Waals surface area contributed by atoms with Gasteiger partial charge in [0.1, 0.15) is 5.52 Å². The van der Waals surface area contributed by atoms with Crippen molar-refractivity contribution in [2.45, 2.75) is 0 Å². The zero-order valence-corrected chi connectivity index (χ0v) is 7.21. The molecule has 8 nitrogen and oxygen atoms in total. The molecule has 1 N–H and O–H groups in total. The van der Waals surface area contributed by atoms with E-state index in [1.165, 1.54) is 12.1 Å². The molecule has 0 spiro atoms. The van der Waals surface area contributed by atoms with Gasteiger partial charge in [0.2, 0.25) is 0 Å². The molecule has 0 aliphatic rings. The zero-order valence-electron chi connectivity index (χ0n) is 7.21. The van der Waals surface area contributed by atoms with Crippen molar-refractivity contribution >= 4 is 16.6 Å². The first-order chi connectivity index (χ1) is 7.08. The molecule has 15 heavy (non-hydrogen) atoms. The lowest BCUT2D eigenvalue weighted by Crippen LogP contribution is -2.41. The Hall–Kier alpha value is -2.51. The molecule has 0 bridgehead atoms. The van der Waals surface area contributed by atoms with Crippen molar-refractivity contribution in [3.8, 4) is 0 Å². The maximum atomic E-state index is 11.2. The van der Waals surface area contributed by atoms with Crippen molar-refractivity contribution in [2.75, 3.05) is 0 Å². The van der Waals surface area contributed by atoms with Gasteiger partial charge in [0.25, 0.3) is 5.69 Å². The lowest BCUT2D eigenvalue weighted by atomic mass is 10.2. The Morgan fingerprint density at radius 2 is 2.20 bits per heavy atom. The van der Waals surface area contributed by atoms with Crippen molar-refractivity contribution < 1.29 is 9.88 Å². The van der Waals surface area contributed by atoms with Gasteiger partial charge in [-0.3, -0.25) is 14.9 Å². The minimum absolute atomic E-state index is 0.0104. The summed E-state index contributed by atoms with van der Waals surface area (Å²) in [5.41, 5.74) is -0.823. The highest BCUT2D eigenvalue weighted by Gasteiger charge is 2.11. The fourth-order valence-corrected chi connectivity index (χ4v) is 1.18. The van der Waals surface area contributed by atoms with Gasteiger partial charge in [-0.1, -0.05) is 5.10 Å². The Bertz CT molecular complexity index is 605. The largest absolute Gasteiger partial charge is 0.571 e. The van der Waals surface area contributed by atoms with Gasteiger partial charge in [-0.25, -0.2) is 0 Å². The van der Waals surface area contributed by atoms with Gasteiger partial charge in [-0.05, 0) is 6.07 Å². The molecule has 0 radical (unpaired) electrons. The molecule has 2 rings (SSSR count). The molecule has 0 amide bonds. The van der Waals surface area contributed by atoms with E-state index in [0.717, 1.165) is 6.07 Å². The maximum Gasteiger partial charge on any atom is 0.311 e. The Morgan fingerprint density at radius 1 is 1.47 bits per heavy atom. The third-order valence-corrected chi connectivity index (χ3v) is 1.83. The van der Waals surface area contributed by atoms with E-state index in [1.54, 1.807) is 0 Å². The van der Waals surface area contributed by atoms with Gasteiger partial charge in [-0.2, -0.15) is 0 Å². The molecule has 2 aromatic rings. The number of rotatable bonds is 1. The smallest absolute Gasteiger partial charge is 0.311 e. The summed E-state index contributed by atoms with van der Waals surface area (Å²) < 4.78 is 0. The molecule has 0 fully saturated rings. The highest BCUT2D eigenvalue weighted by Crippen LogP contribution is 2.14. The summed E-state index contributed by atoms with van der Waals surface area (Å²) in [7, 11) is 0. The molecule has 0 aliphatic heterocycles. The van der Waals surface area contributed by atoms with Crippen LogP contribution in [0.15, 0.2) is 23.0 Å². The van der Waals surface area contributed by atoms with Crippen LogP contribution in [0.5, 0.6) is 0 Å². The van der Waals surface area contributed by atoms with Crippen LogP contribution in [0.3, 0.4) is 0 Å². The van der Waals surface area contributed by atoms with E-state index < -0.39 is 10.5 Å². The van der Waals surface area contributed by atoms with Gasteiger partial charge in [0, 0.05) is 22.2 Å². The predicted molar refractivity (Wildman–Crippen MR) is 48.0 cm³/mol. The topological polar surface area (TPSA) is 116 Å². The van der Waals surface area contributed by atoms with Crippen molar-refractivity contribution in [2.24, 2.45) is 0 Å². The number of aromatic nitrogens is 3. The summed E-state index contributed by atoms with van der Waals surface area (Å²) in [6, 6.07) is 3.49. The first kappa shape index (κ1) is 9.06. The Balaban J connectivity index is 2.83. The minimum Gasteiger partial charge on any atom is -0.571 e. The number of non-ortho nitro benzene ring substituents is 1. The van der Waals surface area contributed by atoms with Crippen LogP contribution in [-0.4, -0.2) is 15.1 Å². The van der Waals surface area contributed by atoms with Crippen molar-refractivity contribution in [3.63, 3.8) is 0 Å². The summed E-state index contributed by atoms with van der Waals surface area (Å²) in [5, 5.41) is 26.4. The first-order valence-electron chi connectivity index (χ1n) is 3.86. The van der Waals surface area contributed by atoms with E-state index >= 15 is 0 Å². The molecule has 0 unspecified atom stereocenters. The second-order valence-electron chi connectivity index (χ2n) is 2.77. The van der Waals surface area contributed by atoms with Crippen LogP contribution in [-0.2, 0) is 0 Å². The van der Waals surface area contributed by atoms with Crippen LogP contribution in [0.25, 0.3) is 10.9 Å². The molecule has 1 aromatic heterocycles. The normalized spacial score (nSPS) is 10.4. The van der Waals surface area contributed by atoms with Crippen LogP contribution in [0.1, 0.15) is 0 Å². The highest BCUT2D eigenvalue weighted by atomic mass is 16.6. The summed E-state index contributed by atoms with van der Waals surface area (Å²) >= 11 is 0. The number of nitro benzene ring substituents is 1. The van der Waals surface area contributed by atoms with Crippen molar-refractivity contribution in [1.29, 1.82) is 0 Å². The highest BCUT2D eigenvalue weighted by molar-refractivity contribution is 5.78. The second kappa shape index (κ2) is 3.01. The average Bonchev–Trinajstić information content (AvgIpc) is 2.16. The van der Waals surface area contributed by atoms with Gasteiger partial charge >= 0.3 is 5.56 Å². The van der Waals surface area contributed by atoms with Crippen molar-refractivity contribution in [1.82, 2.24) is 10.2 Å². The number of nitro groups is 1. The summed E-state index contributed by atoms with van der Waals surface area (Å²) in [5.74, 6) is 0. The van der Waals surface area contributed by atoms with E-state index in [1.807, 2.05) is 5.10 Å². The molecule has 0 aliphatic carbocycles. The summed E-state index contributed by atoms with van der Waals surface area (Å²) in [6.07, 6.45) is 0. The molecule has 1 aromatic carbocycles. The third kappa shape index (κ3) is 1.47. The monoisotopic (exact) mass is 208 g/mol. The van der Waals surface area contributed by atoms with Gasteiger partial charge < -0.3 is 5.21 Å². The number of nitrogens with zero attached hydrogens (tertiary/aromatic N) is 3. The lowest BCUT2D eigenvalue weighted by molar-refractivity contribution is -0.727. The number of hydrogen-bond acceptors (Lipinski definition) is 5. The minimum atomic E-state index is -0.710. The van der Waals surface area contributed by atoms with Crippen LogP contribution in [0.4, 0.5) is 5.69 Å². The first-order valence-corrected chi connectivity index (χ1v) is 3.86. The number of nitrogens with one attached hydrogen (secondary N) is 1. The third-order valence-electron chi connectivity index (χ3n) is 1.83. The molecule has 76 valence electrons. The van der Waals surface area contributed by atoms with E-state index in [0.29, 0.717) is 0 Å². The van der Waals surface area contributed by atoms with E-state index in [4.69, 9.17) is 0 Å². The van der Waals surface area contributed by atoms with E-state index in [9.17, 15) is 20.1 Å². The lowest BCUT2D eigenvalue weighted by Gasteiger charge is -1.95. The number of aromatic amines is 1. The number of benzene rings is 1. The molecule has 0 saturated heterocycles. The van der Waals surface area contributed by atoms with Crippen LogP contribution < -0.4 is 10.5 Å². The Morgan fingerprint density at radius 3 is 2.87 bits per heavy atom. The summed E-state index contributed by atoms with van der Waals surface area (Å²) in [4.78, 5) is 21.0. The number of H-pyrrole nitrogens is 1. The predicted octanol–water partition coefficient (Wildman–Crippen LogP) is -0.535. The SMILES string of the molecule is O=c1[nH][n+]([O-])nc2ccc([N+](=O)[O-])cc12. The quantitative estimate of drug-likeness (QED) is 0.292. The standard InChI is InChI=1S/C7H4N4O4/c12-7-5-3-4(10(13)14)1-2-6(5)8-11(15)9-7/h1-3H,(H,8,9,12). The summed E-state index contributed by atoms with van der Waals surface area (Å²) in [6.45, 7) is 0. The van der Waals surface area contributed by atoms with Gasteiger partial charge in [-0.15, -0.1) is 0 Å². The molecular weight excluding hydrogens is 204 g/mol. The van der Waals surface area contributed by atoms with Crippen LogP contribution in [0, 0.1) is 15.3 Å². The molecule has 0 saturated carbocycles. The van der Waals surface area contributed by atoms with Crippen LogP contribution >= 0.6 is 0 Å². The van der Waals surface area contributed by atoms with Gasteiger partial charge in [0.15, 0.2) is 0 Å². The zero-order chi connectivity index (χ0) is 11.0. The van der Waals surface area contributed by atoms with Gasteiger partial charge in [0.05, 0.1) is 10.3 Å². The second-order valence-corrected chi connectivity index (χ2v) is 2.77. The molecule has 0 atom stereocenters. The van der Waals surface area contributed by atoms with Crippen LogP contribution in [0.2, 0.25) is 0 Å². The van der Waals surface area contributed by atoms with Crippen molar-refractivity contribution in [3.05, 3.63) is 43.9 Å². The fraction of sp³-hybridized carbons (Fsp3) is 0. The Labute approximate surface area is 81.5 Å². The molecule has 1 heterocycles. The fourth-order valence-electron chi connectivity index (χ4n) is 1.18. The Kier molecular flexibility index (Phi) is 1.82. The number of hydrogen-bond donors (Lipinski definition) is 1. The molecular formula is C7H4N4O4. The van der Waals surface area contributed by atoms with E-state index in [-0.39, 0.29) is 21.6 Å². The number of fused-ring (bicyclic) bond motifs is 1.